The Hall–Kier alpha value is -2.01. The normalized spacial score (nSPS) is 10.3. The molecule has 0 spiro atoms. The predicted octanol–water partition coefficient (Wildman–Crippen LogP) is 2.47. The Balaban J connectivity index is 2.02. The molecule has 0 fully saturated rings. The van der Waals surface area contributed by atoms with Crippen molar-refractivity contribution in [2.24, 2.45) is 5.73 Å². The molecular formula is C13H14N2O2S. The van der Waals surface area contributed by atoms with Crippen LogP contribution in [0.3, 0.4) is 0 Å². The number of hydrogen-bond donors (Lipinski definition) is 3. The van der Waals surface area contributed by atoms with Crippen LogP contribution >= 0.6 is 11.3 Å². The molecule has 0 saturated heterocycles. The number of primary amides is 1. The van der Waals surface area contributed by atoms with Crippen LogP contribution < -0.4 is 11.1 Å². The molecule has 5 heteroatoms. The quantitative estimate of drug-likeness (QED) is 0.792. The van der Waals surface area contributed by atoms with Gasteiger partial charge in [-0.3, -0.25) is 4.79 Å². The van der Waals surface area contributed by atoms with Gasteiger partial charge in [0.1, 0.15) is 5.75 Å². The number of carbonyl (C=O) groups excluding carboxylic acids is 1. The van der Waals surface area contributed by atoms with E-state index >= 15 is 0 Å². The summed E-state index contributed by atoms with van der Waals surface area (Å²) in [6, 6.07) is 7.20. The molecule has 0 unspecified atom stereocenters. The molecule has 0 aliphatic carbocycles. The third kappa shape index (κ3) is 2.81. The maximum atomic E-state index is 10.9. The van der Waals surface area contributed by atoms with Gasteiger partial charge < -0.3 is 16.2 Å². The van der Waals surface area contributed by atoms with Gasteiger partial charge in [-0.2, -0.15) is 0 Å². The first-order chi connectivity index (χ1) is 8.56. The molecule has 2 rings (SSSR count). The molecule has 0 aliphatic heterocycles. The van der Waals surface area contributed by atoms with Crippen molar-refractivity contribution in [3.63, 3.8) is 0 Å². The van der Waals surface area contributed by atoms with Crippen molar-refractivity contribution in [1.29, 1.82) is 0 Å². The summed E-state index contributed by atoms with van der Waals surface area (Å²) < 4.78 is 0. The van der Waals surface area contributed by atoms with Gasteiger partial charge in [0.2, 0.25) is 5.91 Å². The Kier molecular flexibility index (Phi) is 3.53. The minimum atomic E-state index is -0.412. The zero-order valence-corrected chi connectivity index (χ0v) is 10.8. The summed E-state index contributed by atoms with van der Waals surface area (Å²) in [5.74, 6) is -0.144. The molecule has 1 aromatic heterocycles. The van der Waals surface area contributed by atoms with E-state index in [0.717, 1.165) is 16.1 Å². The molecule has 0 radical (unpaired) electrons. The van der Waals surface area contributed by atoms with Gasteiger partial charge in [0.25, 0.3) is 0 Å². The van der Waals surface area contributed by atoms with Crippen LogP contribution in [-0.4, -0.2) is 11.0 Å². The predicted molar refractivity (Wildman–Crippen MR) is 73.0 cm³/mol. The number of carbonyl (C=O) groups is 1. The molecule has 1 amide bonds. The first-order valence-corrected chi connectivity index (χ1v) is 6.35. The fourth-order valence-electron chi connectivity index (χ4n) is 1.51. The smallest absolute Gasteiger partial charge is 0.249 e. The lowest BCUT2D eigenvalue weighted by Gasteiger charge is -2.06. The highest BCUT2D eigenvalue weighted by molar-refractivity contribution is 7.10. The topological polar surface area (TPSA) is 75.3 Å². The zero-order valence-electron chi connectivity index (χ0n) is 9.93. The van der Waals surface area contributed by atoms with Crippen molar-refractivity contribution < 1.29 is 9.90 Å². The summed E-state index contributed by atoms with van der Waals surface area (Å²) in [5.41, 5.74) is 7.40. The van der Waals surface area contributed by atoms with Gasteiger partial charge >= 0.3 is 0 Å². The molecule has 0 atom stereocenters. The number of aryl methyl sites for hydroxylation is 1. The lowest BCUT2D eigenvalue weighted by molar-refractivity contribution is 0.100. The molecule has 1 heterocycles. The average Bonchev–Trinajstić information content (AvgIpc) is 2.79. The summed E-state index contributed by atoms with van der Waals surface area (Å²) >= 11 is 1.48. The Morgan fingerprint density at radius 2 is 2.22 bits per heavy atom. The number of nitrogens with one attached hydrogen (secondary N) is 1. The van der Waals surface area contributed by atoms with Gasteiger partial charge in [-0.1, -0.05) is 6.07 Å². The number of phenols is 1. The molecule has 2 aromatic rings. The van der Waals surface area contributed by atoms with Crippen LogP contribution in [0.2, 0.25) is 0 Å². The largest absolute Gasteiger partial charge is 0.508 e. The Bertz CT molecular complexity index is 578. The molecule has 0 aliphatic rings. The first kappa shape index (κ1) is 12.4. The summed E-state index contributed by atoms with van der Waals surface area (Å²) in [7, 11) is 0. The van der Waals surface area contributed by atoms with Crippen molar-refractivity contribution >= 4 is 22.9 Å². The molecule has 18 heavy (non-hydrogen) atoms. The highest BCUT2D eigenvalue weighted by Crippen LogP contribution is 2.22. The van der Waals surface area contributed by atoms with E-state index in [9.17, 15) is 9.90 Å². The Morgan fingerprint density at radius 1 is 1.44 bits per heavy atom. The fourth-order valence-corrected chi connectivity index (χ4v) is 2.32. The standard InChI is InChI=1S/C13H14N2O2S/c1-8-2-3-10(5-12(8)16)15-6-11-4-9(7-18-11)13(14)17/h2-5,7,15-16H,6H2,1H3,(H2,14,17). The number of aromatic hydroxyl groups is 1. The van der Waals surface area contributed by atoms with Crippen LogP contribution in [0.1, 0.15) is 20.8 Å². The van der Waals surface area contributed by atoms with Gasteiger partial charge in [0.05, 0.1) is 5.56 Å². The monoisotopic (exact) mass is 262 g/mol. The van der Waals surface area contributed by atoms with Crippen LogP contribution in [0.15, 0.2) is 29.6 Å². The van der Waals surface area contributed by atoms with Gasteiger partial charge in [-0.15, -0.1) is 11.3 Å². The number of benzene rings is 1. The van der Waals surface area contributed by atoms with Gasteiger partial charge in [0.15, 0.2) is 0 Å². The van der Waals surface area contributed by atoms with Gasteiger partial charge in [0, 0.05) is 28.6 Å². The number of nitrogens with two attached hydrogens (primary N) is 1. The van der Waals surface area contributed by atoms with Crippen LogP contribution in [0.4, 0.5) is 5.69 Å². The van der Waals surface area contributed by atoms with Crippen LogP contribution in [0.5, 0.6) is 5.75 Å². The molecule has 0 bridgehead atoms. The van der Waals surface area contributed by atoms with E-state index in [4.69, 9.17) is 5.73 Å². The number of anilines is 1. The lowest BCUT2D eigenvalue weighted by Crippen LogP contribution is -2.09. The average molecular weight is 262 g/mol. The molecule has 4 N–H and O–H groups in total. The van der Waals surface area contributed by atoms with E-state index in [1.165, 1.54) is 11.3 Å². The number of thiophene rings is 1. The van der Waals surface area contributed by atoms with E-state index < -0.39 is 5.91 Å². The van der Waals surface area contributed by atoms with Crippen molar-refractivity contribution in [2.45, 2.75) is 13.5 Å². The van der Waals surface area contributed by atoms with Gasteiger partial charge in [-0.05, 0) is 24.6 Å². The fraction of sp³-hybridized carbons (Fsp3) is 0.154. The lowest BCUT2D eigenvalue weighted by atomic mass is 10.2. The molecule has 4 nitrogen and oxygen atoms in total. The SMILES string of the molecule is Cc1ccc(NCc2cc(C(N)=O)cs2)cc1O. The number of amides is 1. The van der Waals surface area contributed by atoms with Crippen molar-refractivity contribution in [1.82, 2.24) is 0 Å². The third-order valence-electron chi connectivity index (χ3n) is 2.61. The highest BCUT2D eigenvalue weighted by atomic mass is 32.1. The minimum absolute atomic E-state index is 0.268. The minimum Gasteiger partial charge on any atom is -0.508 e. The second-order valence-electron chi connectivity index (χ2n) is 4.02. The van der Waals surface area contributed by atoms with E-state index in [0.29, 0.717) is 12.1 Å². The number of rotatable bonds is 4. The summed E-state index contributed by atoms with van der Waals surface area (Å²) in [6.07, 6.45) is 0. The second kappa shape index (κ2) is 5.10. The van der Waals surface area contributed by atoms with Gasteiger partial charge in [-0.25, -0.2) is 0 Å². The maximum Gasteiger partial charge on any atom is 0.249 e. The number of phenolic OH excluding ortho intramolecular Hbond substituents is 1. The Labute approximate surface area is 109 Å². The first-order valence-electron chi connectivity index (χ1n) is 5.47. The van der Waals surface area contributed by atoms with Crippen LogP contribution in [0.25, 0.3) is 0 Å². The summed E-state index contributed by atoms with van der Waals surface area (Å²) in [4.78, 5) is 12.0. The highest BCUT2D eigenvalue weighted by Gasteiger charge is 2.05. The van der Waals surface area contributed by atoms with E-state index in [1.54, 1.807) is 17.5 Å². The van der Waals surface area contributed by atoms with Crippen molar-refractivity contribution in [3.05, 3.63) is 45.6 Å². The molecule has 0 saturated carbocycles. The summed E-state index contributed by atoms with van der Waals surface area (Å²) in [5, 5.41) is 14.5. The van der Waals surface area contributed by atoms with Crippen molar-refractivity contribution in [2.75, 3.05) is 5.32 Å². The summed E-state index contributed by atoms with van der Waals surface area (Å²) in [6.45, 7) is 2.44. The van der Waals surface area contributed by atoms with Crippen LogP contribution in [0, 0.1) is 6.92 Å². The van der Waals surface area contributed by atoms with E-state index in [1.807, 2.05) is 19.1 Å². The van der Waals surface area contributed by atoms with E-state index in [-0.39, 0.29) is 5.75 Å². The van der Waals surface area contributed by atoms with Crippen molar-refractivity contribution in [3.8, 4) is 5.75 Å². The molecule has 94 valence electrons. The Morgan fingerprint density at radius 3 is 2.83 bits per heavy atom. The zero-order chi connectivity index (χ0) is 13.1. The third-order valence-corrected chi connectivity index (χ3v) is 3.55. The molecular weight excluding hydrogens is 248 g/mol. The second-order valence-corrected chi connectivity index (χ2v) is 5.02. The van der Waals surface area contributed by atoms with Crippen LogP contribution in [-0.2, 0) is 6.54 Å². The maximum absolute atomic E-state index is 10.9. The molecule has 1 aromatic carbocycles. The van der Waals surface area contributed by atoms with E-state index in [2.05, 4.69) is 5.32 Å². The number of hydrogen-bond acceptors (Lipinski definition) is 4.